The number of carbonyl (C=O) groups excluding carboxylic acids is 2. The van der Waals surface area contributed by atoms with Gasteiger partial charge < -0.3 is 19.7 Å². The molecule has 1 N–H and O–H groups in total. The highest BCUT2D eigenvalue weighted by Gasteiger charge is 2.20. The predicted octanol–water partition coefficient (Wildman–Crippen LogP) is 5.79. The highest BCUT2D eigenvalue weighted by molar-refractivity contribution is 5.96. The molecule has 6 heteroatoms. The van der Waals surface area contributed by atoms with Crippen LogP contribution in [-0.4, -0.2) is 44.8 Å². The van der Waals surface area contributed by atoms with Crippen molar-refractivity contribution in [1.82, 2.24) is 5.32 Å². The molecule has 0 aliphatic rings. The van der Waals surface area contributed by atoms with E-state index < -0.39 is 0 Å². The van der Waals surface area contributed by atoms with E-state index in [1.54, 1.807) is 11.0 Å². The first-order valence-corrected chi connectivity index (χ1v) is 13.3. The summed E-state index contributed by atoms with van der Waals surface area (Å²) in [5.41, 5.74) is 4.25. The summed E-state index contributed by atoms with van der Waals surface area (Å²) in [7, 11) is 0. The van der Waals surface area contributed by atoms with Gasteiger partial charge in [-0.2, -0.15) is 0 Å². The number of hydrogen-bond donors (Lipinski definition) is 1. The number of carbonyl (C=O) groups is 2. The lowest BCUT2D eigenvalue weighted by Gasteiger charge is -2.26. The quantitative estimate of drug-likeness (QED) is 0.291. The molecular weight excluding hydrogens is 464 g/mol. The summed E-state index contributed by atoms with van der Waals surface area (Å²) in [6.45, 7) is 15.5. The SMILES string of the molecule is C=Cc1ccccc1CN(C(=O)CCC(=O)NCCOCCOCCC(C)(C)C)c1ccccc1CC. The molecule has 0 saturated heterocycles. The van der Waals surface area contributed by atoms with Crippen LogP contribution < -0.4 is 10.2 Å². The smallest absolute Gasteiger partial charge is 0.227 e. The highest BCUT2D eigenvalue weighted by Crippen LogP contribution is 2.25. The average Bonchev–Trinajstić information content (AvgIpc) is 2.89. The van der Waals surface area contributed by atoms with Crippen molar-refractivity contribution in [3.8, 4) is 0 Å². The van der Waals surface area contributed by atoms with E-state index in [2.05, 4.69) is 39.6 Å². The zero-order valence-electron chi connectivity index (χ0n) is 23.1. The molecule has 0 spiro atoms. The topological polar surface area (TPSA) is 67.9 Å². The minimum absolute atomic E-state index is 0.0847. The van der Waals surface area contributed by atoms with Crippen molar-refractivity contribution in [2.75, 3.05) is 37.9 Å². The molecule has 37 heavy (non-hydrogen) atoms. The average molecular weight is 509 g/mol. The molecule has 0 bridgehead atoms. The molecule has 202 valence electrons. The van der Waals surface area contributed by atoms with Crippen LogP contribution in [-0.2, 0) is 32.0 Å². The molecule has 2 amide bonds. The van der Waals surface area contributed by atoms with Crippen molar-refractivity contribution < 1.29 is 19.1 Å². The van der Waals surface area contributed by atoms with Crippen LogP contribution in [0.4, 0.5) is 5.69 Å². The van der Waals surface area contributed by atoms with Crippen molar-refractivity contribution in [3.63, 3.8) is 0 Å². The van der Waals surface area contributed by atoms with E-state index in [1.165, 1.54) is 0 Å². The minimum Gasteiger partial charge on any atom is -0.379 e. The van der Waals surface area contributed by atoms with Gasteiger partial charge in [0.05, 0.1) is 26.4 Å². The molecular formula is C31H44N2O4. The second kappa shape index (κ2) is 16.0. The molecule has 0 unspecified atom stereocenters. The summed E-state index contributed by atoms with van der Waals surface area (Å²) in [4.78, 5) is 27.5. The number of anilines is 1. The van der Waals surface area contributed by atoms with Crippen LogP contribution in [0.25, 0.3) is 6.08 Å². The molecule has 0 heterocycles. The zero-order chi connectivity index (χ0) is 27.1. The number of benzene rings is 2. The van der Waals surface area contributed by atoms with Gasteiger partial charge in [-0.3, -0.25) is 9.59 Å². The van der Waals surface area contributed by atoms with Gasteiger partial charge >= 0.3 is 0 Å². The van der Waals surface area contributed by atoms with Gasteiger partial charge in [-0.05, 0) is 41.0 Å². The van der Waals surface area contributed by atoms with Gasteiger partial charge in [0.2, 0.25) is 11.8 Å². The Balaban J connectivity index is 1.83. The predicted molar refractivity (Wildman–Crippen MR) is 151 cm³/mol. The monoisotopic (exact) mass is 508 g/mol. The molecule has 0 aliphatic carbocycles. The summed E-state index contributed by atoms with van der Waals surface area (Å²) < 4.78 is 11.1. The first kappa shape index (κ1) is 30.3. The van der Waals surface area contributed by atoms with Crippen molar-refractivity contribution in [2.24, 2.45) is 5.41 Å². The zero-order valence-corrected chi connectivity index (χ0v) is 23.1. The lowest BCUT2D eigenvalue weighted by atomic mass is 9.93. The summed E-state index contributed by atoms with van der Waals surface area (Å²) in [6.07, 6.45) is 3.87. The number of amides is 2. The van der Waals surface area contributed by atoms with E-state index in [4.69, 9.17) is 9.47 Å². The maximum atomic E-state index is 13.4. The summed E-state index contributed by atoms with van der Waals surface area (Å²) in [5.74, 6) is -0.243. The number of aryl methyl sites for hydroxylation is 1. The fraction of sp³-hybridized carbons (Fsp3) is 0.484. The van der Waals surface area contributed by atoms with E-state index in [1.807, 2.05) is 48.5 Å². The lowest BCUT2D eigenvalue weighted by Crippen LogP contribution is -2.33. The number of nitrogens with one attached hydrogen (secondary N) is 1. The van der Waals surface area contributed by atoms with Crippen LogP contribution >= 0.6 is 0 Å². The first-order chi connectivity index (χ1) is 17.7. The standard InChI is InChI=1S/C31H44N2O4/c1-6-25-12-8-9-14-27(25)24-33(28-15-11-10-13-26(28)7-2)30(35)17-16-29(34)32-19-21-37-23-22-36-20-18-31(3,4)5/h6,8-15H,1,7,16-24H2,2-5H3,(H,32,34). The Morgan fingerprint density at radius 1 is 0.919 bits per heavy atom. The van der Waals surface area contributed by atoms with Crippen LogP contribution in [0.5, 0.6) is 0 Å². The van der Waals surface area contributed by atoms with Gasteiger partial charge in [-0.1, -0.05) is 82.8 Å². The van der Waals surface area contributed by atoms with Gasteiger partial charge in [0.1, 0.15) is 0 Å². The van der Waals surface area contributed by atoms with Gasteiger partial charge in [0.25, 0.3) is 0 Å². The number of para-hydroxylation sites is 1. The Labute approximate surface area is 223 Å². The third-order valence-corrected chi connectivity index (χ3v) is 6.07. The Hall–Kier alpha value is -2.96. The summed E-state index contributed by atoms with van der Waals surface area (Å²) in [5, 5.41) is 2.84. The van der Waals surface area contributed by atoms with E-state index in [-0.39, 0.29) is 30.1 Å². The normalized spacial score (nSPS) is 11.2. The fourth-order valence-corrected chi connectivity index (χ4v) is 3.84. The van der Waals surface area contributed by atoms with Gasteiger partial charge in [-0.15, -0.1) is 0 Å². The van der Waals surface area contributed by atoms with Gasteiger partial charge in [0, 0.05) is 31.7 Å². The maximum absolute atomic E-state index is 13.4. The Bertz CT molecular complexity index is 997. The Morgan fingerprint density at radius 2 is 1.57 bits per heavy atom. The van der Waals surface area contributed by atoms with Gasteiger partial charge in [-0.25, -0.2) is 0 Å². The summed E-state index contributed by atoms with van der Waals surface area (Å²) in [6, 6.07) is 15.9. The van der Waals surface area contributed by atoms with Crippen LogP contribution in [0.15, 0.2) is 55.1 Å². The minimum atomic E-state index is -0.159. The van der Waals surface area contributed by atoms with Crippen molar-refractivity contribution in [2.45, 2.75) is 59.9 Å². The van der Waals surface area contributed by atoms with E-state index in [9.17, 15) is 9.59 Å². The number of nitrogens with zero attached hydrogens (tertiary/aromatic N) is 1. The third kappa shape index (κ3) is 11.3. The molecule has 0 fully saturated rings. The van der Waals surface area contributed by atoms with Crippen molar-refractivity contribution in [3.05, 3.63) is 71.8 Å². The maximum Gasteiger partial charge on any atom is 0.227 e. The Kier molecular flexibility index (Phi) is 13.1. The fourth-order valence-electron chi connectivity index (χ4n) is 3.84. The lowest BCUT2D eigenvalue weighted by molar-refractivity contribution is -0.125. The van der Waals surface area contributed by atoms with Gasteiger partial charge in [0.15, 0.2) is 0 Å². The largest absolute Gasteiger partial charge is 0.379 e. The molecule has 2 rings (SSSR count). The molecule has 0 aromatic heterocycles. The van der Waals surface area contributed by atoms with Crippen molar-refractivity contribution >= 4 is 23.6 Å². The van der Waals surface area contributed by atoms with Crippen LogP contribution in [0, 0.1) is 5.41 Å². The molecule has 2 aromatic carbocycles. The molecule has 0 saturated carbocycles. The first-order valence-electron chi connectivity index (χ1n) is 13.3. The second-order valence-corrected chi connectivity index (χ2v) is 10.3. The van der Waals surface area contributed by atoms with E-state index >= 15 is 0 Å². The second-order valence-electron chi connectivity index (χ2n) is 10.3. The number of hydrogen-bond acceptors (Lipinski definition) is 4. The Morgan fingerprint density at radius 3 is 2.24 bits per heavy atom. The summed E-state index contributed by atoms with van der Waals surface area (Å²) >= 11 is 0. The number of ether oxygens (including phenoxy) is 2. The highest BCUT2D eigenvalue weighted by atomic mass is 16.5. The molecule has 6 nitrogen and oxygen atoms in total. The van der Waals surface area contributed by atoms with Crippen molar-refractivity contribution in [1.29, 1.82) is 0 Å². The number of rotatable bonds is 16. The van der Waals surface area contributed by atoms with Crippen LogP contribution in [0.1, 0.15) is 63.6 Å². The molecule has 0 radical (unpaired) electrons. The van der Waals surface area contributed by atoms with Crippen LogP contribution in [0.2, 0.25) is 0 Å². The third-order valence-electron chi connectivity index (χ3n) is 6.07. The molecule has 2 aromatic rings. The van der Waals surface area contributed by atoms with Crippen LogP contribution in [0.3, 0.4) is 0 Å². The van der Waals surface area contributed by atoms with E-state index in [0.717, 1.165) is 41.8 Å². The molecule has 0 aliphatic heterocycles. The van der Waals surface area contributed by atoms with E-state index in [0.29, 0.717) is 32.9 Å². The molecule has 0 atom stereocenters.